The van der Waals surface area contributed by atoms with Crippen molar-refractivity contribution in [3.05, 3.63) is 59.7 Å². The summed E-state index contributed by atoms with van der Waals surface area (Å²) in [6.07, 6.45) is 0.521. The normalized spacial score (nSPS) is 14.3. The van der Waals surface area contributed by atoms with E-state index in [0.717, 1.165) is 16.0 Å². The molecule has 5 N–H and O–H groups in total. The van der Waals surface area contributed by atoms with E-state index in [1.54, 1.807) is 66.6 Å². The van der Waals surface area contributed by atoms with Crippen LogP contribution in [-0.2, 0) is 27.4 Å². The first-order valence-corrected chi connectivity index (χ1v) is 16.6. The molecule has 0 saturated heterocycles. The molecule has 2 unspecified atom stereocenters. The van der Waals surface area contributed by atoms with Gasteiger partial charge in [0.15, 0.2) is 0 Å². The molecule has 2 atom stereocenters. The Hall–Kier alpha value is -1.58. The van der Waals surface area contributed by atoms with Gasteiger partial charge in [0, 0.05) is 13.6 Å². The molecule has 0 aliphatic rings. The van der Waals surface area contributed by atoms with E-state index in [1.165, 1.54) is 0 Å². The second kappa shape index (κ2) is 13.1. The van der Waals surface area contributed by atoms with Crippen LogP contribution in [0.1, 0.15) is 18.1 Å². The monoisotopic (exact) mass is 565 g/mol. The van der Waals surface area contributed by atoms with Gasteiger partial charge in [0.05, 0.1) is 13.1 Å². The highest BCUT2D eigenvalue weighted by atomic mass is 32.4. The molecule has 0 aliphatic heterocycles. The SMILES string of the molecule is CC(Oc1ccc(CCN(CP(=O)(O)O)CP(=O)(O)O)cc1)[PH](=S)N(C)N=Cc1ccc(O)cc1. The molecule has 0 spiro atoms. The molecule has 0 fully saturated rings. The maximum absolute atomic E-state index is 11.3. The van der Waals surface area contributed by atoms with Crippen LogP contribution in [0.25, 0.3) is 0 Å². The third-order valence-electron chi connectivity index (χ3n) is 4.66. The molecular formula is C20H30N3O8P3S. The summed E-state index contributed by atoms with van der Waals surface area (Å²) in [7, 11) is -7.15. The summed E-state index contributed by atoms with van der Waals surface area (Å²) in [6.45, 7) is 0.337. The molecule has 0 saturated carbocycles. The van der Waals surface area contributed by atoms with Gasteiger partial charge in [-0.05, 0) is 60.9 Å². The predicted molar refractivity (Wildman–Crippen MR) is 140 cm³/mol. The Bertz CT molecular complexity index is 1080. The molecule has 0 aromatic heterocycles. The standard InChI is InChI=1S/C20H30N3O8P3S/c1-16(32(35)22(2)21-13-18-3-7-19(24)8-4-18)31-20-9-5-17(6-10-20)11-12-23(14-33(25,26)27)15-34(28,29)30/h3-10,13,16,24,32H,11-12,14-15H2,1-2H3,(H2,25,26,27)(H2,28,29,30). The first-order chi connectivity index (χ1) is 16.2. The Morgan fingerprint density at radius 3 is 2.09 bits per heavy atom. The van der Waals surface area contributed by atoms with Crippen LogP contribution in [0.3, 0.4) is 0 Å². The highest BCUT2D eigenvalue weighted by molar-refractivity contribution is 8.04. The van der Waals surface area contributed by atoms with E-state index < -0.39 is 34.6 Å². The molecule has 0 amide bonds. The fourth-order valence-electron chi connectivity index (χ4n) is 3.02. The molecule has 35 heavy (non-hydrogen) atoms. The first kappa shape index (κ1) is 29.6. The van der Waals surface area contributed by atoms with E-state index in [9.17, 15) is 14.2 Å². The second-order valence-electron chi connectivity index (χ2n) is 7.86. The van der Waals surface area contributed by atoms with Gasteiger partial charge in [-0.2, -0.15) is 5.10 Å². The molecule has 2 rings (SSSR count). The lowest BCUT2D eigenvalue weighted by atomic mass is 10.1. The van der Waals surface area contributed by atoms with Crippen LogP contribution < -0.4 is 4.74 Å². The molecule has 2 aromatic carbocycles. The zero-order chi connectivity index (χ0) is 26.2. The second-order valence-corrected chi connectivity index (χ2v) is 14.5. The van der Waals surface area contributed by atoms with E-state index >= 15 is 0 Å². The van der Waals surface area contributed by atoms with Gasteiger partial charge in [0.1, 0.15) is 29.9 Å². The number of phenols is 1. The summed E-state index contributed by atoms with van der Waals surface area (Å²) >= 11 is 5.62. The number of rotatable bonds is 13. The fraction of sp³-hybridized carbons (Fsp3) is 0.350. The van der Waals surface area contributed by atoms with Gasteiger partial charge < -0.3 is 29.4 Å². The van der Waals surface area contributed by atoms with Crippen molar-refractivity contribution in [2.75, 3.05) is 26.2 Å². The third kappa shape index (κ3) is 11.8. The number of hydrogen-bond acceptors (Lipinski definition) is 7. The Labute approximate surface area is 209 Å². The van der Waals surface area contributed by atoms with Crippen molar-refractivity contribution in [1.29, 1.82) is 0 Å². The minimum Gasteiger partial charge on any atom is -0.508 e. The molecule has 2 aromatic rings. The van der Waals surface area contributed by atoms with Gasteiger partial charge in [-0.3, -0.25) is 18.8 Å². The first-order valence-electron chi connectivity index (χ1n) is 10.4. The molecule has 11 nitrogen and oxygen atoms in total. The van der Waals surface area contributed by atoms with Crippen LogP contribution in [0.15, 0.2) is 53.6 Å². The Morgan fingerprint density at radius 1 is 1.03 bits per heavy atom. The third-order valence-corrected chi connectivity index (χ3v) is 9.55. The number of benzene rings is 2. The lowest BCUT2D eigenvalue weighted by Gasteiger charge is -2.23. The van der Waals surface area contributed by atoms with Gasteiger partial charge >= 0.3 is 15.2 Å². The molecule has 194 valence electrons. The molecule has 15 heteroatoms. The predicted octanol–water partition coefficient (Wildman–Crippen LogP) is 2.79. The van der Waals surface area contributed by atoms with Crippen molar-refractivity contribution in [3.8, 4) is 11.5 Å². The highest BCUT2D eigenvalue weighted by Crippen LogP contribution is 2.41. The lowest BCUT2D eigenvalue weighted by molar-refractivity contribution is 0.279. The van der Waals surface area contributed by atoms with Crippen LogP contribution in [-0.4, -0.2) is 72.6 Å². The number of ether oxygens (including phenoxy) is 1. The quantitative estimate of drug-likeness (QED) is 0.138. The van der Waals surface area contributed by atoms with Gasteiger partial charge in [-0.15, -0.1) is 0 Å². The van der Waals surface area contributed by atoms with Crippen molar-refractivity contribution >= 4 is 40.1 Å². The zero-order valence-corrected chi connectivity index (χ0v) is 22.8. The highest BCUT2D eigenvalue weighted by Gasteiger charge is 2.25. The average Bonchev–Trinajstić information content (AvgIpc) is 2.75. The van der Waals surface area contributed by atoms with Gasteiger partial charge in [-0.1, -0.05) is 23.9 Å². The summed E-state index contributed by atoms with van der Waals surface area (Å²) < 4.78 is 30.2. The number of aromatic hydroxyl groups is 1. The Balaban J connectivity index is 1.91. The molecule has 0 aliphatic carbocycles. The van der Waals surface area contributed by atoms with Crippen molar-refractivity contribution in [2.24, 2.45) is 5.10 Å². The minimum atomic E-state index is -4.46. The molecular weight excluding hydrogens is 535 g/mol. The fourth-order valence-corrected chi connectivity index (χ4v) is 5.92. The summed E-state index contributed by atoms with van der Waals surface area (Å²) in [5.41, 5.74) is 1.63. The van der Waals surface area contributed by atoms with Crippen molar-refractivity contribution < 1.29 is 38.5 Å². The largest absolute Gasteiger partial charge is 0.508 e. The summed E-state index contributed by atoms with van der Waals surface area (Å²) in [5, 5.41) is 13.7. The van der Waals surface area contributed by atoms with Crippen molar-refractivity contribution in [1.82, 2.24) is 9.68 Å². The van der Waals surface area contributed by atoms with E-state index in [2.05, 4.69) is 5.10 Å². The van der Waals surface area contributed by atoms with Crippen molar-refractivity contribution in [3.63, 3.8) is 0 Å². The van der Waals surface area contributed by atoms with Crippen LogP contribution in [0.2, 0.25) is 0 Å². The van der Waals surface area contributed by atoms with E-state index in [4.69, 9.17) is 36.1 Å². The maximum Gasteiger partial charge on any atom is 0.339 e. The van der Waals surface area contributed by atoms with Crippen molar-refractivity contribution in [2.45, 2.75) is 19.2 Å². The van der Waals surface area contributed by atoms with Crippen LogP contribution >= 0.6 is 22.0 Å². The Kier molecular flexibility index (Phi) is 11.1. The number of hydrazone groups is 1. The smallest absolute Gasteiger partial charge is 0.339 e. The van der Waals surface area contributed by atoms with Gasteiger partial charge in [0.2, 0.25) is 0 Å². The maximum atomic E-state index is 11.3. The van der Waals surface area contributed by atoms with Crippen LogP contribution in [0, 0.1) is 0 Å². The number of phenolic OH excluding ortho intramolecular Hbond substituents is 1. The average molecular weight is 565 g/mol. The summed E-state index contributed by atoms with van der Waals surface area (Å²) in [6, 6.07) is 13.7. The number of nitrogens with zero attached hydrogens (tertiary/aromatic N) is 3. The van der Waals surface area contributed by atoms with Crippen LogP contribution in [0.5, 0.6) is 11.5 Å². The minimum absolute atomic E-state index is 0.0654. The molecule has 0 bridgehead atoms. The van der Waals surface area contributed by atoms with E-state index in [0.29, 0.717) is 12.2 Å². The van der Waals surface area contributed by atoms with Gasteiger partial charge in [0.25, 0.3) is 0 Å². The zero-order valence-electron chi connectivity index (χ0n) is 19.2. The van der Waals surface area contributed by atoms with Gasteiger partial charge in [-0.25, -0.2) is 0 Å². The topological polar surface area (TPSA) is 163 Å². The van der Waals surface area contributed by atoms with E-state index in [-0.39, 0.29) is 18.1 Å². The van der Waals surface area contributed by atoms with Crippen LogP contribution in [0.4, 0.5) is 0 Å². The molecule has 0 radical (unpaired) electrons. The summed E-state index contributed by atoms with van der Waals surface area (Å²) in [4.78, 5) is 37.7. The summed E-state index contributed by atoms with van der Waals surface area (Å²) in [5.74, 6) is 0.479. The molecule has 0 heterocycles. The van der Waals surface area contributed by atoms with E-state index in [1.807, 2.05) is 6.92 Å². The Morgan fingerprint density at radius 2 is 1.57 bits per heavy atom. The number of hydrogen-bond donors (Lipinski definition) is 5. The lowest BCUT2D eigenvalue weighted by Crippen LogP contribution is -2.28.